The number of hydrazine groups is 3. The van der Waals surface area contributed by atoms with E-state index in [4.69, 9.17) is 0 Å². The highest BCUT2D eigenvalue weighted by atomic mass is 15.6. The first-order chi connectivity index (χ1) is 65.7. The van der Waals surface area contributed by atoms with Gasteiger partial charge in [-0.25, -0.2) is 15.4 Å². The monoisotopic (exact) mass is 2020 g/mol. The third-order valence-electron chi connectivity index (χ3n) is 29.8. The number of hydrogen-bond donors (Lipinski definition) is 11. The smallest absolute Gasteiger partial charge is 0.0855 e. The number of hydrogen-bond acceptors (Lipinski definition) is 20. The molecule has 144 heavy (non-hydrogen) atoms. The Balaban J connectivity index is 0.000000768. The number of allylic oxidation sites excluding steroid dienone is 3. The summed E-state index contributed by atoms with van der Waals surface area (Å²) in [7, 11) is 0. The van der Waals surface area contributed by atoms with E-state index in [1.807, 2.05) is 12.5 Å². The van der Waals surface area contributed by atoms with Gasteiger partial charge in [0, 0.05) is 154 Å². The molecule has 0 spiro atoms. The summed E-state index contributed by atoms with van der Waals surface area (Å²) >= 11 is 0. The van der Waals surface area contributed by atoms with Gasteiger partial charge in [0.1, 0.15) is 0 Å². The zero-order valence-corrected chi connectivity index (χ0v) is 105. The lowest BCUT2D eigenvalue weighted by Gasteiger charge is -2.31. The summed E-state index contributed by atoms with van der Waals surface area (Å²) in [6, 6.07) is 1.34. The molecule has 7 unspecified atom stereocenters. The Morgan fingerprint density at radius 2 is 0.938 bits per heavy atom. The van der Waals surface area contributed by atoms with E-state index >= 15 is 0 Å². The van der Waals surface area contributed by atoms with Crippen LogP contribution in [-0.2, 0) is 0 Å². The molecule has 15 aliphatic heterocycles. The molecular formula is C124H248N20. The van der Waals surface area contributed by atoms with Crippen molar-refractivity contribution in [2.24, 2.45) is 109 Å². The number of nitrogens with zero attached hydrogens (tertiary/aromatic N) is 9. The van der Waals surface area contributed by atoms with Gasteiger partial charge in [0.15, 0.2) is 0 Å². The van der Waals surface area contributed by atoms with E-state index in [1.54, 1.807) is 11.1 Å². The lowest BCUT2D eigenvalue weighted by Crippen LogP contribution is -2.45. The van der Waals surface area contributed by atoms with Crippen LogP contribution in [0.15, 0.2) is 92.0 Å². The third-order valence-corrected chi connectivity index (χ3v) is 29.8. The van der Waals surface area contributed by atoms with Gasteiger partial charge in [0.05, 0.1) is 18.9 Å². The minimum Gasteiger partial charge on any atom is -0.391 e. The van der Waals surface area contributed by atoms with Crippen molar-refractivity contribution in [3.8, 4) is 0 Å². The van der Waals surface area contributed by atoms with Gasteiger partial charge < -0.3 is 57.9 Å². The minimum atomic E-state index is 0.215. The molecule has 11 N–H and O–H groups in total. The number of rotatable bonds is 0. The third kappa shape index (κ3) is 61.9. The molecule has 844 valence electrons. The molecule has 0 bridgehead atoms. The van der Waals surface area contributed by atoms with Crippen LogP contribution in [0.3, 0.4) is 0 Å². The zero-order chi connectivity index (χ0) is 110. The Kier molecular flexibility index (Phi) is 60.4. The Bertz CT molecular complexity index is 3130. The number of nitrogens with one attached hydrogen (secondary N) is 11. The zero-order valence-electron chi connectivity index (χ0n) is 105. The maximum atomic E-state index is 4.42. The largest absolute Gasteiger partial charge is 0.391 e. The van der Waals surface area contributed by atoms with Crippen LogP contribution in [0, 0.1) is 89.2 Å². The van der Waals surface area contributed by atoms with E-state index in [0.717, 1.165) is 114 Å². The molecule has 16 aliphatic rings. The summed E-state index contributed by atoms with van der Waals surface area (Å²) < 4.78 is 0. The van der Waals surface area contributed by atoms with Crippen LogP contribution in [0.25, 0.3) is 0 Å². The van der Waals surface area contributed by atoms with Gasteiger partial charge in [-0.15, -0.1) is 0 Å². The predicted octanol–water partition coefficient (Wildman–Crippen LogP) is 27.1. The standard InChI is InChI=1S/C9H16.3C8H17N.3C8H15N.C8H17N.3C8H15N.C7H16N2.C7H14N2.C7H16N2.2C7H14N2/c1-9(2,3)8-6-4-5-7-8;6*1-8(2,3)7-4-5-9-6-7;4*1-8(2,3)7-5-4-6-9-7;2*1-7(2,3)9-5-4-8-6-9;3*1-7(2,3)9-6-4-5-8-9/h6H,4-5,7H2,1-3H3;3*7,9H,4-6H2,1-3H3;6,9H,4-5H2,1-3H3;5,7H,4,6H2,1-3H3;4-5,7,9H,6H2,1-3H3;7,9H,4-6H2,1-3H3;4-6H2,1-3H3;6-7H,4-5H2,1-3H3;5,9H,4,6H2,1-3H3;8H,4-6H2,1-3H3;6H,4-5H2,1-3H3;8H,4-6H2,1-3H3;4,6,8H,5H2,1-3H3;4-5,8H,6H2,1-3H3. The highest BCUT2D eigenvalue weighted by Gasteiger charge is 2.35. The fraction of sp³-hybridized carbons (Fsp3) is 0.871. The summed E-state index contributed by atoms with van der Waals surface area (Å²) in [5.41, 5.74) is 21.8. The fourth-order valence-electron chi connectivity index (χ4n) is 18.3. The van der Waals surface area contributed by atoms with Gasteiger partial charge in [-0.1, -0.05) is 264 Å². The van der Waals surface area contributed by atoms with Crippen molar-refractivity contribution in [2.75, 3.05) is 138 Å². The van der Waals surface area contributed by atoms with Crippen molar-refractivity contribution in [1.29, 1.82) is 0 Å². The van der Waals surface area contributed by atoms with Gasteiger partial charge in [-0.2, -0.15) is 0 Å². The topological polar surface area (TPSA) is 198 Å². The Morgan fingerprint density at radius 3 is 1.13 bits per heavy atom. The quantitative estimate of drug-likeness (QED) is 0.102. The molecule has 1 aliphatic carbocycles. The molecule has 16 rings (SSSR count). The van der Waals surface area contributed by atoms with Gasteiger partial charge in [0.2, 0.25) is 0 Å². The first-order valence-electron chi connectivity index (χ1n) is 57.7. The second-order valence-electron chi connectivity index (χ2n) is 59.5. The second kappa shape index (κ2) is 63.2. The molecule has 0 aromatic rings. The summed E-state index contributed by atoms with van der Waals surface area (Å²) in [5.74, 6) is 4.21. The first kappa shape index (κ1) is 138. The van der Waals surface area contributed by atoms with Gasteiger partial charge in [0.25, 0.3) is 0 Å². The van der Waals surface area contributed by atoms with E-state index in [9.17, 15) is 0 Å². The number of aliphatic imine (C=N–C) groups is 4. The molecule has 6 saturated heterocycles. The summed E-state index contributed by atoms with van der Waals surface area (Å²) in [5, 5.41) is 33.3. The average molecular weight is 2020 g/mol. The molecule has 7 atom stereocenters. The summed E-state index contributed by atoms with van der Waals surface area (Å²) in [6.07, 6.45) is 46.2. The SMILES string of the molecule is CC(C)(C)C1=CCCC1.CC(C)(C)C1=CCCN1.CC(C)(C)C1=CNCC1.CC(C)(C)C1=NCCC1.CC(C)(C)C1C=CNC1.CC(C)(C)C1CC=NC1.CC(C)(C)C1CCC=N1.CC(C)(C)C1CCCN1.CC(C)(C)C1CCNC1.CC(C)(C)C1CCNC1.CC(C)(C)C1CCNC1.CC(C)(C)N1C=CCN1.CC(C)(C)N1C=NCC1.CC(C)(C)N1CC=CN1.CC(C)(C)N1CCCN1.CC(C)(C)N1CCNC1. The van der Waals surface area contributed by atoms with Crippen LogP contribution in [0.4, 0.5) is 0 Å². The maximum Gasteiger partial charge on any atom is 0.0855 e. The van der Waals surface area contributed by atoms with Crippen LogP contribution in [0.1, 0.15) is 435 Å². The van der Waals surface area contributed by atoms with Gasteiger partial charge >= 0.3 is 0 Å². The molecule has 0 amide bonds. The normalized spacial score (nSPS) is 23.8. The van der Waals surface area contributed by atoms with E-state index in [0.29, 0.717) is 76.7 Å². The summed E-state index contributed by atoms with van der Waals surface area (Å²) in [4.78, 5) is 21.8. The van der Waals surface area contributed by atoms with Crippen molar-refractivity contribution in [3.63, 3.8) is 0 Å². The van der Waals surface area contributed by atoms with E-state index in [2.05, 4.69) is 497 Å². The van der Waals surface area contributed by atoms with E-state index in [-0.39, 0.29) is 16.6 Å². The lowest BCUT2D eigenvalue weighted by atomic mass is 9.80. The van der Waals surface area contributed by atoms with Crippen molar-refractivity contribution in [3.05, 3.63) is 72.0 Å². The van der Waals surface area contributed by atoms with Crippen molar-refractivity contribution < 1.29 is 0 Å². The fourth-order valence-corrected chi connectivity index (χ4v) is 18.3. The van der Waals surface area contributed by atoms with Crippen LogP contribution >= 0.6 is 0 Å². The highest BCUT2D eigenvalue weighted by molar-refractivity contribution is 5.90. The Morgan fingerprint density at radius 1 is 0.375 bits per heavy atom. The lowest BCUT2D eigenvalue weighted by molar-refractivity contribution is 0.116. The predicted molar refractivity (Wildman–Crippen MR) is 642 cm³/mol. The van der Waals surface area contributed by atoms with Crippen LogP contribution in [0.5, 0.6) is 0 Å². The van der Waals surface area contributed by atoms with Crippen molar-refractivity contribution in [2.45, 2.75) is 475 Å². The molecule has 0 aromatic carbocycles. The molecule has 0 radical (unpaired) electrons. The Hall–Kier alpha value is -4.48. The first-order valence-corrected chi connectivity index (χ1v) is 57.7. The molecular weight excluding hydrogens is 1770 g/mol. The maximum absolute atomic E-state index is 4.42. The van der Waals surface area contributed by atoms with E-state index in [1.165, 1.54) is 173 Å². The van der Waals surface area contributed by atoms with Crippen LogP contribution in [-0.4, -0.2) is 227 Å². The molecule has 0 saturated carbocycles. The van der Waals surface area contributed by atoms with Gasteiger partial charge in [-0.3, -0.25) is 30.3 Å². The van der Waals surface area contributed by atoms with Gasteiger partial charge in [-0.05, 0) is 361 Å². The van der Waals surface area contributed by atoms with Crippen molar-refractivity contribution in [1.82, 2.24) is 83.6 Å². The van der Waals surface area contributed by atoms with E-state index < -0.39 is 0 Å². The summed E-state index contributed by atoms with van der Waals surface area (Å²) in [6.45, 7) is 132. The molecule has 6 fully saturated rings. The molecule has 20 heteroatoms. The van der Waals surface area contributed by atoms with Crippen molar-refractivity contribution >= 4 is 24.5 Å². The Labute approximate surface area is 896 Å². The van der Waals surface area contributed by atoms with Crippen LogP contribution in [0.2, 0.25) is 0 Å². The van der Waals surface area contributed by atoms with Crippen LogP contribution < -0.4 is 58.8 Å². The highest BCUT2D eigenvalue weighted by Crippen LogP contribution is 2.38. The minimum absolute atomic E-state index is 0.215. The average Bonchev–Trinajstić information content (AvgIpc) is 1.86. The molecule has 15 heterocycles. The molecule has 20 nitrogen and oxygen atoms in total. The molecule has 0 aromatic heterocycles. The second-order valence-corrected chi connectivity index (χ2v) is 59.5.